The molecule has 2 N–H and O–H groups in total. The summed E-state index contributed by atoms with van der Waals surface area (Å²) >= 11 is 0. The van der Waals surface area contributed by atoms with Crippen LogP contribution >= 0.6 is 0 Å². The number of benzene rings is 2. The average molecular weight is 372 g/mol. The number of phenols is 1. The molecule has 0 bridgehead atoms. The molecule has 0 unspecified atom stereocenters. The molecule has 140 valence electrons. The molecule has 1 fully saturated rings. The van der Waals surface area contributed by atoms with Gasteiger partial charge in [0.15, 0.2) is 11.5 Å². The first kappa shape index (κ1) is 18.2. The van der Waals surface area contributed by atoms with Crippen LogP contribution in [0.2, 0.25) is 0 Å². The molecule has 1 aliphatic heterocycles. The van der Waals surface area contributed by atoms with Gasteiger partial charge < -0.3 is 19.9 Å². The molecular formula is C19H17FN2O5. The topological polar surface area (TPSA) is 88.1 Å². The molecule has 0 aromatic heterocycles. The monoisotopic (exact) mass is 372 g/mol. The number of nitrogens with one attached hydrogen (secondary N) is 1. The van der Waals surface area contributed by atoms with Crippen molar-refractivity contribution in [2.75, 3.05) is 14.2 Å². The van der Waals surface area contributed by atoms with E-state index in [4.69, 9.17) is 9.47 Å². The molecular weight excluding hydrogens is 355 g/mol. The Kier molecular flexibility index (Phi) is 4.98. The van der Waals surface area contributed by atoms with Gasteiger partial charge in [-0.15, -0.1) is 0 Å². The van der Waals surface area contributed by atoms with E-state index < -0.39 is 17.8 Å². The zero-order valence-corrected chi connectivity index (χ0v) is 14.7. The van der Waals surface area contributed by atoms with Crippen molar-refractivity contribution in [1.82, 2.24) is 10.2 Å². The lowest BCUT2D eigenvalue weighted by Gasteiger charge is -2.11. The number of urea groups is 1. The number of amides is 3. The molecule has 1 saturated heterocycles. The van der Waals surface area contributed by atoms with Gasteiger partial charge >= 0.3 is 6.03 Å². The molecule has 8 heteroatoms. The second-order valence-electron chi connectivity index (χ2n) is 5.78. The van der Waals surface area contributed by atoms with Crippen LogP contribution in [-0.4, -0.2) is 36.2 Å². The Bertz CT molecular complexity index is 899. The first-order chi connectivity index (χ1) is 12.9. The number of halogens is 1. The van der Waals surface area contributed by atoms with Crippen LogP contribution in [0.15, 0.2) is 42.1 Å². The minimum atomic E-state index is -0.576. The lowest BCUT2D eigenvalue weighted by molar-refractivity contribution is -0.123. The van der Waals surface area contributed by atoms with Gasteiger partial charge in [0.2, 0.25) is 5.75 Å². The van der Waals surface area contributed by atoms with Gasteiger partial charge in [-0.25, -0.2) is 9.18 Å². The van der Waals surface area contributed by atoms with Crippen molar-refractivity contribution in [3.05, 3.63) is 59.0 Å². The number of hydrogen-bond donors (Lipinski definition) is 2. The van der Waals surface area contributed by atoms with Crippen molar-refractivity contribution in [2.45, 2.75) is 6.54 Å². The highest BCUT2D eigenvalue weighted by molar-refractivity contribution is 6.13. The summed E-state index contributed by atoms with van der Waals surface area (Å²) in [4.78, 5) is 25.7. The fourth-order valence-corrected chi connectivity index (χ4v) is 2.65. The van der Waals surface area contributed by atoms with Crippen LogP contribution in [0.1, 0.15) is 11.1 Å². The van der Waals surface area contributed by atoms with Crippen LogP contribution < -0.4 is 14.8 Å². The van der Waals surface area contributed by atoms with E-state index in [1.807, 2.05) is 0 Å². The van der Waals surface area contributed by atoms with Crippen LogP contribution in [0.5, 0.6) is 17.2 Å². The molecule has 1 heterocycles. The molecule has 7 nitrogen and oxygen atoms in total. The standard InChI is InChI=1S/C19H17FN2O5/c1-26-15-8-12(9-16(27-2)17(15)23)7-14-18(24)22(19(25)21-14)10-11-3-5-13(20)6-4-11/h3-9,23H,10H2,1-2H3,(H,21,25)/b14-7+. The molecule has 2 aromatic rings. The summed E-state index contributed by atoms with van der Waals surface area (Å²) in [7, 11) is 2.77. The van der Waals surface area contributed by atoms with Gasteiger partial charge in [-0.1, -0.05) is 12.1 Å². The summed E-state index contributed by atoms with van der Waals surface area (Å²) in [5.41, 5.74) is 1.18. The van der Waals surface area contributed by atoms with Crippen molar-refractivity contribution < 1.29 is 28.6 Å². The molecule has 1 aliphatic rings. The highest BCUT2D eigenvalue weighted by Gasteiger charge is 2.33. The third-order valence-corrected chi connectivity index (χ3v) is 4.03. The predicted octanol–water partition coefficient (Wildman–Crippen LogP) is 2.64. The molecule has 0 saturated carbocycles. The van der Waals surface area contributed by atoms with E-state index in [0.717, 1.165) is 4.90 Å². The van der Waals surface area contributed by atoms with Crippen LogP contribution in [-0.2, 0) is 11.3 Å². The zero-order chi connectivity index (χ0) is 19.6. The van der Waals surface area contributed by atoms with E-state index in [-0.39, 0.29) is 29.5 Å². The number of rotatable bonds is 5. The minimum absolute atomic E-state index is 0.0184. The predicted molar refractivity (Wildman–Crippen MR) is 94.7 cm³/mol. The highest BCUT2D eigenvalue weighted by Crippen LogP contribution is 2.37. The van der Waals surface area contributed by atoms with Gasteiger partial charge in [-0.05, 0) is 41.5 Å². The molecule has 0 spiro atoms. The number of phenolic OH excluding ortho intramolecular Hbond substituents is 1. The number of carbonyl (C=O) groups excluding carboxylic acids is 2. The second kappa shape index (κ2) is 7.36. The summed E-state index contributed by atoms with van der Waals surface area (Å²) in [5, 5.41) is 12.5. The smallest absolute Gasteiger partial charge is 0.329 e. The number of imide groups is 1. The number of ether oxygens (including phenoxy) is 2. The van der Waals surface area contributed by atoms with E-state index in [0.29, 0.717) is 11.1 Å². The summed E-state index contributed by atoms with van der Waals surface area (Å²) in [6.45, 7) is 0.0184. The Morgan fingerprint density at radius 1 is 1.11 bits per heavy atom. The molecule has 27 heavy (non-hydrogen) atoms. The Balaban J connectivity index is 1.87. The normalized spacial score (nSPS) is 15.2. The first-order valence-electron chi connectivity index (χ1n) is 7.97. The van der Waals surface area contributed by atoms with Crippen LogP contribution in [0.3, 0.4) is 0 Å². The number of nitrogens with zero attached hydrogens (tertiary/aromatic N) is 1. The number of methoxy groups -OCH3 is 2. The van der Waals surface area contributed by atoms with Crippen LogP contribution in [0.25, 0.3) is 6.08 Å². The molecule has 0 radical (unpaired) electrons. The lowest BCUT2D eigenvalue weighted by Crippen LogP contribution is -2.30. The van der Waals surface area contributed by atoms with Crippen molar-refractivity contribution in [1.29, 1.82) is 0 Å². The van der Waals surface area contributed by atoms with Gasteiger partial charge in [0.1, 0.15) is 11.5 Å². The van der Waals surface area contributed by atoms with Crippen LogP contribution in [0, 0.1) is 5.82 Å². The molecule has 0 atom stereocenters. The van der Waals surface area contributed by atoms with Crippen molar-refractivity contribution >= 4 is 18.0 Å². The fourth-order valence-electron chi connectivity index (χ4n) is 2.65. The van der Waals surface area contributed by atoms with Gasteiger partial charge in [0.25, 0.3) is 5.91 Å². The minimum Gasteiger partial charge on any atom is -0.502 e. The first-order valence-corrected chi connectivity index (χ1v) is 7.97. The van der Waals surface area contributed by atoms with E-state index >= 15 is 0 Å². The maximum atomic E-state index is 13.0. The lowest BCUT2D eigenvalue weighted by atomic mass is 10.1. The number of hydrogen-bond acceptors (Lipinski definition) is 5. The van der Waals surface area contributed by atoms with E-state index in [1.165, 1.54) is 56.7 Å². The third kappa shape index (κ3) is 3.69. The van der Waals surface area contributed by atoms with Gasteiger partial charge in [0.05, 0.1) is 20.8 Å². The SMILES string of the molecule is COc1cc(/C=C2/NC(=O)N(Cc3ccc(F)cc3)C2=O)cc(OC)c1O. The summed E-state index contributed by atoms with van der Waals surface area (Å²) in [5.74, 6) is -0.744. The summed E-state index contributed by atoms with van der Waals surface area (Å²) in [6.07, 6.45) is 1.45. The number of carbonyl (C=O) groups is 2. The maximum absolute atomic E-state index is 13.0. The van der Waals surface area contributed by atoms with E-state index in [9.17, 15) is 19.1 Å². The molecule has 2 aromatic carbocycles. The Hall–Kier alpha value is -3.55. The Labute approximate surface area is 154 Å². The van der Waals surface area contributed by atoms with Crippen molar-refractivity contribution in [3.63, 3.8) is 0 Å². The third-order valence-electron chi connectivity index (χ3n) is 4.03. The van der Waals surface area contributed by atoms with Gasteiger partial charge in [-0.2, -0.15) is 0 Å². The van der Waals surface area contributed by atoms with Crippen LogP contribution in [0.4, 0.5) is 9.18 Å². The second-order valence-corrected chi connectivity index (χ2v) is 5.78. The Morgan fingerprint density at radius 2 is 1.70 bits per heavy atom. The number of aromatic hydroxyl groups is 1. The quantitative estimate of drug-likeness (QED) is 0.622. The van der Waals surface area contributed by atoms with E-state index in [1.54, 1.807) is 0 Å². The zero-order valence-electron chi connectivity index (χ0n) is 14.7. The molecule has 0 aliphatic carbocycles. The fraction of sp³-hybridized carbons (Fsp3) is 0.158. The highest BCUT2D eigenvalue weighted by atomic mass is 19.1. The summed E-state index contributed by atoms with van der Waals surface area (Å²) in [6, 6.07) is 7.98. The van der Waals surface area contributed by atoms with E-state index in [2.05, 4.69) is 5.32 Å². The average Bonchev–Trinajstić information content (AvgIpc) is 2.92. The van der Waals surface area contributed by atoms with Gasteiger partial charge in [0, 0.05) is 0 Å². The van der Waals surface area contributed by atoms with Crippen molar-refractivity contribution in [3.8, 4) is 17.2 Å². The van der Waals surface area contributed by atoms with Crippen molar-refractivity contribution in [2.24, 2.45) is 0 Å². The van der Waals surface area contributed by atoms with Gasteiger partial charge in [-0.3, -0.25) is 9.69 Å². The maximum Gasteiger partial charge on any atom is 0.329 e. The summed E-state index contributed by atoms with van der Waals surface area (Å²) < 4.78 is 23.2. The Morgan fingerprint density at radius 3 is 2.26 bits per heavy atom. The molecule has 3 amide bonds. The largest absolute Gasteiger partial charge is 0.502 e. The molecule has 3 rings (SSSR count).